The van der Waals surface area contributed by atoms with Gasteiger partial charge in [0.2, 0.25) is 0 Å². The molecule has 3 rings (SSSR count). The van der Waals surface area contributed by atoms with Crippen LogP contribution in [0.2, 0.25) is 0 Å². The minimum absolute atomic E-state index is 0.0481. The van der Waals surface area contributed by atoms with Crippen LogP contribution < -0.4 is 14.8 Å². The third kappa shape index (κ3) is 4.80. The van der Waals surface area contributed by atoms with Gasteiger partial charge in [0, 0.05) is 11.3 Å². The van der Waals surface area contributed by atoms with Gasteiger partial charge in [-0.2, -0.15) is 0 Å². The van der Waals surface area contributed by atoms with E-state index >= 15 is 0 Å². The number of sulfonamides is 1. The number of nitrogens with one attached hydrogen (secondary N) is 2. The van der Waals surface area contributed by atoms with Crippen molar-refractivity contribution in [2.75, 3.05) is 17.1 Å². The highest BCUT2D eigenvalue weighted by atomic mass is 32.2. The first-order valence-electron chi connectivity index (χ1n) is 9.36. The number of hydrogen-bond donors (Lipinski definition) is 2. The van der Waals surface area contributed by atoms with Crippen molar-refractivity contribution in [3.05, 3.63) is 82.9 Å². The summed E-state index contributed by atoms with van der Waals surface area (Å²) in [6.45, 7) is 5.52. The molecule has 1 amide bonds. The number of aryl methyl sites for hydroxylation is 3. The number of benzene rings is 3. The summed E-state index contributed by atoms with van der Waals surface area (Å²) in [5, 5.41) is 2.79. The lowest BCUT2D eigenvalue weighted by Crippen LogP contribution is -2.17. The highest BCUT2D eigenvalue weighted by molar-refractivity contribution is 7.92. The zero-order valence-electron chi connectivity index (χ0n) is 17.3. The summed E-state index contributed by atoms with van der Waals surface area (Å²) < 4.78 is 33.7. The summed E-state index contributed by atoms with van der Waals surface area (Å²) in [6, 6.07) is 17.1. The molecule has 0 radical (unpaired) electrons. The molecule has 0 saturated carbocycles. The first-order valence-corrected chi connectivity index (χ1v) is 10.8. The summed E-state index contributed by atoms with van der Waals surface area (Å²) in [7, 11) is -2.34. The fraction of sp³-hybridized carbons (Fsp3) is 0.174. The van der Waals surface area contributed by atoms with Gasteiger partial charge < -0.3 is 10.1 Å². The molecule has 2 N–H and O–H groups in total. The van der Waals surface area contributed by atoms with E-state index in [0.29, 0.717) is 22.7 Å². The molecule has 3 aromatic rings. The molecule has 0 saturated heterocycles. The number of ether oxygens (including phenoxy) is 1. The Hall–Kier alpha value is -3.32. The standard InChI is InChI=1S/C23H24N2O4S/c1-15-5-10-19(11-6-15)25-30(27,28)22-14-18(9-8-17(22)3)23(26)24-20-13-16(2)7-12-21(20)29-4/h5-14,25H,1-4H3,(H,24,26). The lowest BCUT2D eigenvalue weighted by molar-refractivity contribution is 0.102. The Kier molecular flexibility index (Phi) is 6.12. The maximum Gasteiger partial charge on any atom is 0.262 e. The summed E-state index contributed by atoms with van der Waals surface area (Å²) in [4.78, 5) is 12.8. The Morgan fingerprint density at radius 3 is 2.20 bits per heavy atom. The molecule has 30 heavy (non-hydrogen) atoms. The van der Waals surface area contributed by atoms with Crippen LogP contribution >= 0.6 is 0 Å². The lowest BCUT2D eigenvalue weighted by atomic mass is 10.1. The van der Waals surface area contributed by atoms with Crippen molar-refractivity contribution in [2.24, 2.45) is 0 Å². The van der Waals surface area contributed by atoms with Gasteiger partial charge in [0.25, 0.3) is 15.9 Å². The Bertz CT molecular complexity index is 1190. The van der Waals surface area contributed by atoms with Crippen molar-refractivity contribution < 1.29 is 17.9 Å². The van der Waals surface area contributed by atoms with Gasteiger partial charge in [-0.25, -0.2) is 8.42 Å². The second kappa shape index (κ2) is 8.59. The number of rotatable bonds is 6. The van der Waals surface area contributed by atoms with Crippen molar-refractivity contribution in [1.82, 2.24) is 0 Å². The van der Waals surface area contributed by atoms with Crippen LogP contribution in [0.15, 0.2) is 65.6 Å². The van der Waals surface area contributed by atoms with E-state index in [9.17, 15) is 13.2 Å². The Labute approximate surface area is 177 Å². The SMILES string of the molecule is COc1ccc(C)cc1NC(=O)c1ccc(C)c(S(=O)(=O)Nc2ccc(C)cc2)c1. The normalized spacial score (nSPS) is 11.1. The second-order valence-corrected chi connectivity index (χ2v) is 8.76. The molecular weight excluding hydrogens is 400 g/mol. The molecule has 156 valence electrons. The van der Waals surface area contributed by atoms with Gasteiger partial charge in [0.05, 0.1) is 17.7 Å². The lowest BCUT2D eigenvalue weighted by Gasteiger charge is -2.14. The van der Waals surface area contributed by atoms with Crippen molar-refractivity contribution in [1.29, 1.82) is 0 Å². The predicted octanol–water partition coefficient (Wildman–Crippen LogP) is 4.67. The van der Waals surface area contributed by atoms with Crippen LogP contribution in [0.25, 0.3) is 0 Å². The summed E-state index contributed by atoms with van der Waals surface area (Å²) in [5.74, 6) is 0.0978. The largest absolute Gasteiger partial charge is 0.495 e. The molecule has 0 aromatic heterocycles. The predicted molar refractivity (Wildman–Crippen MR) is 119 cm³/mol. The molecule has 0 unspecified atom stereocenters. The molecule has 0 aliphatic rings. The van der Waals surface area contributed by atoms with Crippen molar-refractivity contribution in [3.63, 3.8) is 0 Å². The van der Waals surface area contributed by atoms with Crippen LogP contribution in [-0.2, 0) is 10.0 Å². The molecule has 0 fully saturated rings. The third-order valence-electron chi connectivity index (χ3n) is 4.65. The molecule has 7 heteroatoms. The van der Waals surface area contributed by atoms with Crippen LogP contribution in [-0.4, -0.2) is 21.4 Å². The van der Waals surface area contributed by atoms with Crippen LogP contribution in [0.4, 0.5) is 11.4 Å². The van der Waals surface area contributed by atoms with Gasteiger partial charge in [0.1, 0.15) is 5.75 Å². The summed E-state index contributed by atoms with van der Waals surface area (Å²) in [5.41, 5.74) is 3.73. The van der Waals surface area contributed by atoms with Gasteiger partial charge in [-0.3, -0.25) is 9.52 Å². The summed E-state index contributed by atoms with van der Waals surface area (Å²) >= 11 is 0. The van der Waals surface area contributed by atoms with Crippen LogP contribution in [0.1, 0.15) is 27.0 Å². The van der Waals surface area contributed by atoms with Gasteiger partial charge in [-0.05, 0) is 68.3 Å². The zero-order chi connectivity index (χ0) is 21.9. The minimum Gasteiger partial charge on any atom is -0.495 e. The van der Waals surface area contributed by atoms with Gasteiger partial charge in [-0.15, -0.1) is 0 Å². The zero-order valence-corrected chi connectivity index (χ0v) is 18.1. The number of anilines is 2. The Morgan fingerprint density at radius 1 is 0.867 bits per heavy atom. The van der Waals surface area contributed by atoms with E-state index in [0.717, 1.165) is 11.1 Å². The maximum atomic E-state index is 12.9. The highest BCUT2D eigenvalue weighted by Crippen LogP contribution is 2.27. The minimum atomic E-state index is -3.86. The average Bonchev–Trinajstić information content (AvgIpc) is 2.70. The van der Waals surface area contributed by atoms with E-state index in [2.05, 4.69) is 10.0 Å². The Morgan fingerprint density at radius 2 is 1.53 bits per heavy atom. The molecular formula is C23H24N2O4S. The quantitative estimate of drug-likeness (QED) is 0.602. The molecule has 6 nitrogen and oxygen atoms in total. The smallest absolute Gasteiger partial charge is 0.262 e. The Balaban J connectivity index is 1.90. The second-order valence-electron chi connectivity index (χ2n) is 7.11. The number of methoxy groups -OCH3 is 1. The van der Waals surface area contributed by atoms with E-state index < -0.39 is 15.9 Å². The molecule has 3 aromatic carbocycles. The monoisotopic (exact) mass is 424 g/mol. The van der Waals surface area contributed by atoms with Crippen LogP contribution in [0.3, 0.4) is 0 Å². The molecule has 0 aliphatic heterocycles. The molecule has 0 bridgehead atoms. The highest BCUT2D eigenvalue weighted by Gasteiger charge is 2.20. The van der Waals surface area contributed by atoms with E-state index in [1.807, 2.05) is 32.0 Å². The first-order chi connectivity index (χ1) is 14.2. The number of amides is 1. The van der Waals surface area contributed by atoms with Gasteiger partial charge in [0.15, 0.2) is 0 Å². The fourth-order valence-corrected chi connectivity index (χ4v) is 4.31. The molecule has 0 aliphatic carbocycles. The molecule has 0 atom stereocenters. The molecule has 0 heterocycles. The van der Waals surface area contributed by atoms with E-state index in [1.165, 1.54) is 13.2 Å². The van der Waals surface area contributed by atoms with Gasteiger partial charge >= 0.3 is 0 Å². The first kappa shape index (κ1) is 21.4. The number of carbonyl (C=O) groups excluding carboxylic acids is 1. The van der Waals surface area contributed by atoms with E-state index in [1.54, 1.807) is 43.3 Å². The molecule has 0 spiro atoms. The van der Waals surface area contributed by atoms with E-state index in [4.69, 9.17) is 4.74 Å². The average molecular weight is 425 g/mol. The van der Waals surface area contributed by atoms with Crippen molar-refractivity contribution >= 4 is 27.3 Å². The van der Waals surface area contributed by atoms with E-state index in [-0.39, 0.29) is 10.5 Å². The van der Waals surface area contributed by atoms with Gasteiger partial charge in [-0.1, -0.05) is 29.8 Å². The third-order valence-corrected chi connectivity index (χ3v) is 6.17. The summed E-state index contributed by atoms with van der Waals surface area (Å²) in [6.07, 6.45) is 0. The van der Waals surface area contributed by atoms with Crippen molar-refractivity contribution in [2.45, 2.75) is 25.7 Å². The van der Waals surface area contributed by atoms with Crippen LogP contribution in [0, 0.1) is 20.8 Å². The van der Waals surface area contributed by atoms with Crippen LogP contribution in [0.5, 0.6) is 5.75 Å². The number of hydrogen-bond acceptors (Lipinski definition) is 4. The maximum absolute atomic E-state index is 12.9. The number of carbonyl (C=O) groups is 1. The van der Waals surface area contributed by atoms with Crippen molar-refractivity contribution in [3.8, 4) is 5.75 Å². The fourth-order valence-electron chi connectivity index (χ4n) is 2.98. The topological polar surface area (TPSA) is 84.5 Å².